The van der Waals surface area contributed by atoms with E-state index in [1.165, 1.54) is 12.1 Å². The summed E-state index contributed by atoms with van der Waals surface area (Å²) < 4.78 is 19.4. The van der Waals surface area contributed by atoms with Gasteiger partial charge in [-0.05, 0) is 66.5 Å². The molecule has 0 spiro atoms. The fraction of sp³-hybridized carbons (Fsp3) is 0.375. The Morgan fingerprint density at radius 3 is 2.74 bits per heavy atom. The van der Waals surface area contributed by atoms with Crippen LogP contribution >= 0.6 is 0 Å². The number of nitrogens with zero attached hydrogens (tertiary/aromatic N) is 3. The quantitative estimate of drug-likeness (QED) is 0.687. The molecule has 6 nitrogen and oxygen atoms in total. The van der Waals surface area contributed by atoms with E-state index in [0.29, 0.717) is 29.1 Å². The first-order chi connectivity index (χ1) is 15.1. The predicted molar refractivity (Wildman–Crippen MR) is 114 cm³/mol. The lowest BCUT2D eigenvalue weighted by Gasteiger charge is -2.17. The van der Waals surface area contributed by atoms with Gasteiger partial charge in [0.1, 0.15) is 23.6 Å². The van der Waals surface area contributed by atoms with Gasteiger partial charge >= 0.3 is 0 Å². The highest BCUT2D eigenvalue weighted by molar-refractivity contribution is 5.95. The van der Waals surface area contributed by atoms with Gasteiger partial charge in [-0.2, -0.15) is 5.26 Å². The van der Waals surface area contributed by atoms with Crippen molar-refractivity contribution < 1.29 is 13.9 Å². The molecule has 1 amide bonds. The van der Waals surface area contributed by atoms with Gasteiger partial charge in [0.25, 0.3) is 0 Å². The number of fused-ring (bicyclic) bond motifs is 2. The molecule has 5 rings (SSSR count). The monoisotopic (exact) mass is 418 g/mol. The number of ether oxygens (including phenoxy) is 1. The number of carbonyl (C=O) groups is 1. The van der Waals surface area contributed by atoms with Gasteiger partial charge < -0.3 is 14.6 Å². The van der Waals surface area contributed by atoms with E-state index in [1.807, 2.05) is 17.0 Å². The van der Waals surface area contributed by atoms with Crippen molar-refractivity contribution in [3.05, 3.63) is 48.0 Å². The summed E-state index contributed by atoms with van der Waals surface area (Å²) in [5, 5.41) is 9.72. The van der Waals surface area contributed by atoms with E-state index >= 15 is 0 Å². The number of pyridine rings is 1. The van der Waals surface area contributed by atoms with Crippen LogP contribution in [-0.4, -0.2) is 41.0 Å². The Balaban J connectivity index is 1.42. The minimum absolute atomic E-state index is 0.0388. The molecule has 3 heterocycles. The maximum absolute atomic E-state index is 14.0. The molecule has 1 N–H and O–H groups in total. The van der Waals surface area contributed by atoms with Crippen molar-refractivity contribution in [2.24, 2.45) is 11.8 Å². The number of carbonyl (C=O) groups excluding carboxylic acids is 1. The Bertz CT molecular complexity index is 1180. The van der Waals surface area contributed by atoms with Gasteiger partial charge in [0.2, 0.25) is 5.91 Å². The van der Waals surface area contributed by atoms with Gasteiger partial charge in [-0.15, -0.1) is 0 Å². The SMILES string of the molecule is COc1ccc(F)cc1-c1ccnc2[nH]c([C@@H]3C[C@@H]4CN(C(=O)CC#N)C[C@@H]4C3)cc12. The molecule has 3 aromatic rings. The van der Waals surface area contributed by atoms with Gasteiger partial charge in [0.05, 0.1) is 13.2 Å². The fourth-order valence-corrected chi connectivity index (χ4v) is 5.33. The molecule has 31 heavy (non-hydrogen) atoms. The lowest BCUT2D eigenvalue weighted by atomic mass is 9.99. The van der Waals surface area contributed by atoms with Crippen molar-refractivity contribution in [3.63, 3.8) is 0 Å². The molecule has 158 valence electrons. The Morgan fingerprint density at radius 1 is 1.26 bits per heavy atom. The minimum Gasteiger partial charge on any atom is -0.496 e. The summed E-state index contributed by atoms with van der Waals surface area (Å²) in [6.07, 6.45) is 3.70. The molecule has 1 saturated heterocycles. The number of hydrogen-bond donors (Lipinski definition) is 1. The first-order valence-electron chi connectivity index (χ1n) is 10.5. The van der Waals surface area contributed by atoms with E-state index in [4.69, 9.17) is 10.00 Å². The van der Waals surface area contributed by atoms with Crippen molar-refractivity contribution in [2.75, 3.05) is 20.2 Å². The van der Waals surface area contributed by atoms with Crippen LogP contribution in [0.2, 0.25) is 0 Å². The molecule has 2 aliphatic rings. The number of benzene rings is 1. The largest absolute Gasteiger partial charge is 0.496 e. The highest BCUT2D eigenvalue weighted by atomic mass is 19.1. The molecule has 1 aliphatic carbocycles. The smallest absolute Gasteiger partial charge is 0.236 e. The Labute approximate surface area is 179 Å². The van der Waals surface area contributed by atoms with Crippen molar-refractivity contribution in [2.45, 2.75) is 25.2 Å². The summed E-state index contributed by atoms with van der Waals surface area (Å²) >= 11 is 0. The Kier molecular flexibility index (Phi) is 4.85. The molecule has 7 heteroatoms. The average Bonchev–Trinajstić information content (AvgIpc) is 3.46. The maximum atomic E-state index is 14.0. The van der Waals surface area contributed by atoms with Gasteiger partial charge in [0, 0.05) is 35.9 Å². The van der Waals surface area contributed by atoms with Crippen LogP contribution in [0, 0.1) is 29.0 Å². The molecule has 3 atom stereocenters. The summed E-state index contributed by atoms with van der Waals surface area (Å²) in [6.45, 7) is 1.48. The molecule has 2 fully saturated rings. The second-order valence-electron chi connectivity index (χ2n) is 8.51. The number of aromatic amines is 1. The van der Waals surface area contributed by atoms with Crippen LogP contribution in [0.15, 0.2) is 36.5 Å². The van der Waals surface area contributed by atoms with E-state index in [0.717, 1.165) is 48.2 Å². The van der Waals surface area contributed by atoms with E-state index in [9.17, 15) is 9.18 Å². The topological polar surface area (TPSA) is 82.0 Å². The van der Waals surface area contributed by atoms with Crippen LogP contribution in [0.3, 0.4) is 0 Å². The van der Waals surface area contributed by atoms with Gasteiger partial charge in [-0.1, -0.05) is 0 Å². The molecule has 1 aliphatic heterocycles. The number of nitrogens with one attached hydrogen (secondary N) is 1. The zero-order valence-corrected chi connectivity index (χ0v) is 17.3. The third-order valence-electron chi connectivity index (χ3n) is 6.78. The minimum atomic E-state index is -0.310. The van der Waals surface area contributed by atoms with Crippen LogP contribution in [0.1, 0.15) is 30.9 Å². The summed E-state index contributed by atoms with van der Waals surface area (Å²) in [5.74, 6) is 1.56. The van der Waals surface area contributed by atoms with E-state index in [2.05, 4.69) is 16.0 Å². The van der Waals surface area contributed by atoms with Crippen molar-refractivity contribution in [1.29, 1.82) is 5.26 Å². The van der Waals surface area contributed by atoms with Gasteiger partial charge in [0.15, 0.2) is 0 Å². The van der Waals surface area contributed by atoms with Crippen molar-refractivity contribution in [1.82, 2.24) is 14.9 Å². The van der Waals surface area contributed by atoms with E-state index < -0.39 is 0 Å². The maximum Gasteiger partial charge on any atom is 0.236 e. The molecule has 0 unspecified atom stereocenters. The van der Waals surface area contributed by atoms with Gasteiger partial charge in [-0.3, -0.25) is 4.79 Å². The standard InChI is InChI=1S/C24H23FN4O2/c1-31-22-3-2-17(25)10-19(22)18-5-7-27-24-20(18)11-21(28-24)14-8-15-12-29(13-16(15)9-14)23(30)4-6-26/h2-3,5,7,10-11,14-16H,4,8-9,12-13H2,1H3,(H,27,28)/t14-,15-,16+. The summed E-state index contributed by atoms with van der Waals surface area (Å²) in [5.41, 5.74) is 3.50. The molecular formula is C24H23FN4O2. The van der Waals surface area contributed by atoms with Crippen LogP contribution < -0.4 is 4.74 Å². The number of nitriles is 1. The van der Waals surface area contributed by atoms with Crippen LogP contribution in [0.5, 0.6) is 5.75 Å². The second-order valence-corrected chi connectivity index (χ2v) is 8.51. The zero-order chi connectivity index (χ0) is 21.5. The van der Waals surface area contributed by atoms with Crippen LogP contribution in [0.4, 0.5) is 4.39 Å². The number of rotatable bonds is 4. The number of aromatic nitrogens is 2. The van der Waals surface area contributed by atoms with Crippen LogP contribution in [0.25, 0.3) is 22.2 Å². The highest BCUT2D eigenvalue weighted by Gasteiger charge is 2.43. The molecule has 1 saturated carbocycles. The second kappa shape index (κ2) is 7.69. The summed E-state index contributed by atoms with van der Waals surface area (Å²) in [7, 11) is 1.58. The number of hydrogen-bond acceptors (Lipinski definition) is 4. The highest BCUT2D eigenvalue weighted by Crippen LogP contribution is 2.47. The molecular weight excluding hydrogens is 395 g/mol. The Hall–Kier alpha value is -3.40. The van der Waals surface area contributed by atoms with Gasteiger partial charge in [-0.25, -0.2) is 9.37 Å². The predicted octanol–water partition coefficient (Wildman–Crippen LogP) is 4.24. The van der Waals surface area contributed by atoms with Crippen LogP contribution in [-0.2, 0) is 4.79 Å². The van der Waals surface area contributed by atoms with E-state index in [-0.39, 0.29) is 18.1 Å². The first kappa shape index (κ1) is 19.6. The number of halogens is 1. The molecule has 0 bridgehead atoms. The van der Waals surface area contributed by atoms with Crippen molar-refractivity contribution >= 4 is 16.9 Å². The average molecular weight is 418 g/mol. The lowest BCUT2D eigenvalue weighted by molar-refractivity contribution is -0.129. The van der Waals surface area contributed by atoms with E-state index in [1.54, 1.807) is 19.4 Å². The Morgan fingerprint density at radius 2 is 2.03 bits per heavy atom. The molecule has 2 aromatic heterocycles. The molecule has 1 aromatic carbocycles. The lowest BCUT2D eigenvalue weighted by Crippen LogP contribution is -2.29. The zero-order valence-electron chi connectivity index (χ0n) is 17.3. The molecule has 0 radical (unpaired) electrons. The summed E-state index contributed by atoms with van der Waals surface area (Å²) in [6, 6.07) is 10.5. The fourth-order valence-electron chi connectivity index (χ4n) is 5.33. The summed E-state index contributed by atoms with van der Waals surface area (Å²) in [4.78, 5) is 21.9. The third kappa shape index (κ3) is 3.42. The number of likely N-dealkylation sites (tertiary alicyclic amines) is 1. The number of amides is 1. The first-order valence-corrected chi connectivity index (χ1v) is 10.5. The third-order valence-corrected chi connectivity index (χ3v) is 6.78. The van der Waals surface area contributed by atoms with Crippen molar-refractivity contribution in [3.8, 4) is 22.9 Å². The normalized spacial score (nSPS) is 22.5. The number of methoxy groups -OCH3 is 1. The number of H-pyrrole nitrogens is 1.